The lowest BCUT2D eigenvalue weighted by molar-refractivity contribution is 0.107. The van der Waals surface area contributed by atoms with Crippen LogP contribution in [-0.4, -0.2) is 88.6 Å². The van der Waals surface area contributed by atoms with Gasteiger partial charge < -0.3 is 24.8 Å². The number of hydrogen-bond donors (Lipinski definition) is 2. The number of rotatable bonds is 4. The number of ether oxygens (including phenoxy) is 2. The molecule has 0 radical (unpaired) electrons. The third-order valence-electron chi connectivity index (χ3n) is 9.43. The molecule has 4 aliphatic rings. The molecular formula is C32H29F3N6O3. The van der Waals surface area contributed by atoms with Gasteiger partial charge in [-0.15, -0.1) is 6.42 Å². The fraction of sp³-hybridized carbons (Fsp3) is 0.406. The second-order valence-electron chi connectivity index (χ2n) is 12.0. The summed E-state index contributed by atoms with van der Waals surface area (Å²) in [6, 6.07) is 5.25. The Balaban J connectivity index is 1.33. The van der Waals surface area contributed by atoms with Crippen molar-refractivity contribution in [2.45, 2.75) is 37.0 Å². The second kappa shape index (κ2) is 10.1. The Hall–Kier alpha value is -4.34. The molecule has 2 N–H and O–H groups in total. The third kappa shape index (κ3) is 4.13. The van der Waals surface area contributed by atoms with Crippen molar-refractivity contribution in [1.29, 1.82) is 0 Å². The van der Waals surface area contributed by atoms with E-state index in [0.717, 1.165) is 19.4 Å². The van der Waals surface area contributed by atoms with Gasteiger partial charge in [-0.05, 0) is 43.0 Å². The van der Waals surface area contributed by atoms with Gasteiger partial charge in [-0.2, -0.15) is 9.97 Å². The largest absolute Gasteiger partial charge is 0.508 e. The average Bonchev–Trinajstić information content (AvgIpc) is 3.49. The molecule has 12 heteroatoms. The van der Waals surface area contributed by atoms with Crippen molar-refractivity contribution in [2.24, 2.45) is 0 Å². The number of phenols is 1. The van der Waals surface area contributed by atoms with Crippen LogP contribution in [-0.2, 0) is 0 Å². The SMILES string of the molecule is C#Cc1c(F)ccc2cc(O)cc(-c3nc4c5c(nc(OC[C@@]67CCCN6C[C@H](F)C7)nc5c3F)N3CCNC[C@H]3CO4)c12. The zero-order valence-corrected chi connectivity index (χ0v) is 23.7. The molecule has 8 rings (SSSR count). The molecule has 0 unspecified atom stereocenters. The highest BCUT2D eigenvalue weighted by molar-refractivity contribution is 6.04. The minimum atomic E-state index is -0.927. The summed E-state index contributed by atoms with van der Waals surface area (Å²) in [7, 11) is 0. The van der Waals surface area contributed by atoms with Crippen LogP contribution < -0.4 is 19.7 Å². The van der Waals surface area contributed by atoms with Gasteiger partial charge in [0.05, 0.1) is 17.1 Å². The van der Waals surface area contributed by atoms with E-state index in [0.29, 0.717) is 49.2 Å². The molecule has 4 aromatic rings. The lowest BCUT2D eigenvalue weighted by Gasteiger charge is -2.35. The molecule has 0 spiro atoms. The predicted octanol–water partition coefficient (Wildman–Crippen LogP) is 3.94. The molecule has 0 amide bonds. The Morgan fingerprint density at radius 2 is 2.07 bits per heavy atom. The number of phenolic OH excluding ortho intramolecular Hbond substituents is 1. The van der Waals surface area contributed by atoms with Gasteiger partial charge in [0.25, 0.3) is 0 Å². The Kier molecular flexibility index (Phi) is 6.25. The van der Waals surface area contributed by atoms with E-state index in [1.165, 1.54) is 24.3 Å². The van der Waals surface area contributed by atoms with Crippen molar-refractivity contribution in [3.8, 4) is 41.2 Å². The normalized spacial score (nSPS) is 24.5. The number of nitrogens with one attached hydrogen (secondary N) is 1. The zero-order valence-electron chi connectivity index (χ0n) is 23.7. The van der Waals surface area contributed by atoms with Gasteiger partial charge >= 0.3 is 6.01 Å². The molecule has 0 saturated carbocycles. The van der Waals surface area contributed by atoms with E-state index in [2.05, 4.69) is 26.1 Å². The number of hydrogen-bond acceptors (Lipinski definition) is 9. The highest BCUT2D eigenvalue weighted by atomic mass is 19.1. The van der Waals surface area contributed by atoms with E-state index >= 15 is 4.39 Å². The first kappa shape index (κ1) is 27.2. The molecule has 2 aromatic heterocycles. The number of halogens is 3. The number of pyridine rings is 1. The molecule has 3 saturated heterocycles. The van der Waals surface area contributed by atoms with Gasteiger partial charge in [0.1, 0.15) is 53.4 Å². The van der Waals surface area contributed by atoms with Crippen molar-refractivity contribution in [3.05, 3.63) is 41.5 Å². The summed E-state index contributed by atoms with van der Waals surface area (Å²) in [5.41, 5.74) is -0.728. The molecule has 0 aliphatic carbocycles. The first-order chi connectivity index (χ1) is 21.3. The summed E-state index contributed by atoms with van der Waals surface area (Å²) >= 11 is 0. The number of alkyl halides is 1. The summed E-state index contributed by atoms with van der Waals surface area (Å²) < 4.78 is 58.5. The molecule has 6 heterocycles. The zero-order chi connectivity index (χ0) is 30.2. The summed E-state index contributed by atoms with van der Waals surface area (Å²) in [4.78, 5) is 18.1. The van der Waals surface area contributed by atoms with Crippen LogP contribution in [0.25, 0.3) is 32.9 Å². The molecule has 2 aromatic carbocycles. The van der Waals surface area contributed by atoms with E-state index < -0.39 is 23.3 Å². The third-order valence-corrected chi connectivity index (χ3v) is 9.43. The number of aromatic hydroxyl groups is 1. The molecule has 44 heavy (non-hydrogen) atoms. The Labute approximate surface area is 251 Å². The van der Waals surface area contributed by atoms with Gasteiger partial charge in [-0.25, -0.2) is 18.2 Å². The van der Waals surface area contributed by atoms with Crippen molar-refractivity contribution < 1.29 is 27.8 Å². The van der Waals surface area contributed by atoms with E-state index in [9.17, 15) is 13.9 Å². The molecule has 226 valence electrons. The van der Waals surface area contributed by atoms with Crippen molar-refractivity contribution in [3.63, 3.8) is 0 Å². The van der Waals surface area contributed by atoms with Gasteiger partial charge in [0.15, 0.2) is 5.82 Å². The van der Waals surface area contributed by atoms with Crippen molar-refractivity contribution in [1.82, 2.24) is 25.2 Å². The van der Waals surface area contributed by atoms with Crippen LogP contribution in [0.5, 0.6) is 17.6 Å². The standard InChI is InChI=1S/C32H29F3N6O3/c1-2-21-23(34)5-4-17-10-20(42)11-22(24(17)21)27-26(35)28-25-29(41-9-7-36-13-19(41)15-43-30(25)37-27)39-31(38-28)44-16-32-6-3-8-40(32)14-18(33)12-32/h1,4-5,10-11,18-19,36,42H,3,6-9,12-16H2/t18-,19+,32+/m1/s1. The smallest absolute Gasteiger partial charge is 0.319 e. The Morgan fingerprint density at radius 3 is 2.93 bits per heavy atom. The fourth-order valence-electron chi connectivity index (χ4n) is 7.42. The van der Waals surface area contributed by atoms with E-state index in [4.69, 9.17) is 20.9 Å². The molecule has 0 bridgehead atoms. The van der Waals surface area contributed by atoms with E-state index in [-0.39, 0.29) is 64.6 Å². The summed E-state index contributed by atoms with van der Waals surface area (Å²) in [6.45, 7) is 3.49. The summed E-state index contributed by atoms with van der Waals surface area (Å²) in [5.74, 6) is 1.26. The number of piperazine rings is 1. The first-order valence-electron chi connectivity index (χ1n) is 14.8. The second-order valence-corrected chi connectivity index (χ2v) is 12.0. The van der Waals surface area contributed by atoms with Crippen LogP contribution >= 0.6 is 0 Å². The predicted molar refractivity (Wildman–Crippen MR) is 158 cm³/mol. The highest BCUT2D eigenvalue weighted by Crippen LogP contribution is 2.44. The first-order valence-corrected chi connectivity index (χ1v) is 14.8. The molecular weight excluding hydrogens is 573 g/mol. The maximum Gasteiger partial charge on any atom is 0.319 e. The van der Waals surface area contributed by atoms with Crippen LogP contribution in [0, 0.1) is 24.0 Å². The topological polar surface area (TPSA) is 95.9 Å². The summed E-state index contributed by atoms with van der Waals surface area (Å²) in [6.07, 6.45) is 6.87. The maximum atomic E-state index is 16.8. The summed E-state index contributed by atoms with van der Waals surface area (Å²) in [5, 5.41) is 14.9. The maximum absolute atomic E-state index is 16.8. The number of benzene rings is 2. The van der Waals surface area contributed by atoms with Gasteiger partial charge in [0, 0.05) is 43.5 Å². The van der Waals surface area contributed by atoms with Crippen LogP contribution in [0.1, 0.15) is 24.8 Å². The van der Waals surface area contributed by atoms with E-state index in [1.807, 2.05) is 4.90 Å². The van der Waals surface area contributed by atoms with Gasteiger partial charge in [-0.1, -0.05) is 12.0 Å². The molecule has 3 fully saturated rings. The lowest BCUT2D eigenvalue weighted by atomic mass is 9.95. The van der Waals surface area contributed by atoms with Gasteiger partial charge in [0.2, 0.25) is 5.88 Å². The molecule has 9 nitrogen and oxygen atoms in total. The van der Waals surface area contributed by atoms with Crippen LogP contribution in [0.2, 0.25) is 0 Å². The fourth-order valence-corrected chi connectivity index (χ4v) is 7.42. The number of nitrogens with zero attached hydrogens (tertiary/aromatic N) is 5. The number of aromatic nitrogens is 3. The van der Waals surface area contributed by atoms with Crippen molar-refractivity contribution >= 4 is 27.5 Å². The minimum Gasteiger partial charge on any atom is -0.508 e. The Bertz CT molecular complexity index is 1880. The monoisotopic (exact) mass is 602 g/mol. The minimum absolute atomic E-state index is 0.0339. The molecule has 3 atom stereocenters. The molecule has 4 aliphatic heterocycles. The van der Waals surface area contributed by atoms with Gasteiger partial charge in [-0.3, -0.25) is 4.90 Å². The highest BCUT2D eigenvalue weighted by Gasteiger charge is 2.49. The van der Waals surface area contributed by atoms with Crippen molar-refractivity contribution in [2.75, 3.05) is 50.8 Å². The average molecular weight is 603 g/mol. The number of fused-ring (bicyclic) bond motifs is 4. The number of terminal acetylenes is 1. The number of anilines is 1. The van der Waals surface area contributed by atoms with Crippen LogP contribution in [0.3, 0.4) is 0 Å². The van der Waals surface area contributed by atoms with Crippen LogP contribution in [0.4, 0.5) is 19.0 Å². The quantitative estimate of drug-likeness (QED) is 0.337. The lowest BCUT2D eigenvalue weighted by Crippen LogP contribution is -2.53. The van der Waals surface area contributed by atoms with Crippen LogP contribution in [0.15, 0.2) is 24.3 Å². The Morgan fingerprint density at radius 1 is 1.18 bits per heavy atom. The van der Waals surface area contributed by atoms with E-state index in [1.54, 1.807) is 0 Å².